The molecule has 1 aromatic heterocycles. The zero-order valence-corrected chi connectivity index (χ0v) is 12.2. The van der Waals surface area contributed by atoms with Gasteiger partial charge in [-0.25, -0.2) is 9.37 Å². The molecule has 0 unspecified atom stereocenters. The van der Waals surface area contributed by atoms with E-state index in [1.165, 1.54) is 18.5 Å². The van der Waals surface area contributed by atoms with Gasteiger partial charge in [-0.2, -0.15) is 0 Å². The Morgan fingerprint density at radius 3 is 2.68 bits per heavy atom. The van der Waals surface area contributed by atoms with E-state index in [0.717, 1.165) is 11.3 Å². The zero-order chi connectivity index (χ0) is 15.7. The van der Waals surface area contributed by atoms with Gasteiger partial charge in [0.25, 0.3) is 0 Å². The Labute approximate surface area is 126 Å². The average Bonchev–Trinajstić information content (AvgIpc) is 3.02. The Balaban J connectivity index is 2.25. The number of hydrogen-bond acceptors (Lipinski definition) is 3. The highest BCUT2D eigenvalue weighted by atomic mass is 19.1. The normalized spacial score (nSPS) is 11.9. The molecule has 0 aliphatic rings. The zero-order valence-electron chi connectivity index (χ0n) is 12.2. The number of halogens is 1. The van der Waals surface area contributed by atoms with Gasteiger partial charge in [0.2, 0.25) is 0 Å². The fourth-order valence-corrected chi connectivity index (χ4v) is 2.46. The largest absolute Gasteiger partial charge is 0.507 e. The number of benzene rings is 2. The van der Waals surface area contributed by atoms with Crippen molar-refractivity contribution in [2.24, 2.45) is 0 Å². The number of aromatic nitrogens is 2. The van der Waals surface area contributed by atoms with Crippen LogP contribution in [0, 0.1) is 5.82 Å². The summed E-state index contributed by atoms with van der Waals surface area (Å²) in [5.41, 5.74) is 2.69. The van der Waals surface area contributed by atoms with E-state index in [9.17, 15) is 9.50 Å². The van der Waals surface area contributed by atoms with Crippen molar-refractivity contribution in [2.75, 3.05) is 7.11 Å². The van der Waals surface area contributed by atoms with Gasteiger partial charge in [0.15, 0.2) is 0 Å². The molecule has 0 aliphatic carbocycles. The van der Waals surface area contributed by atoms with E-state index in [1.807, 2.05) is 24.3 Å². The number of hydrogen-bond donors (Lipinski definition) is 2. The van der Waals surface area contributed by atoms with Crippen LogP contribution in [0.3, 0.4) is 0 Å². The van der Waals surface area contributed by atoms with Crippen molar-refractivity contribution in [3.05, 3.63) is 54.1 Å². The summed E-state index contributed by atoms with van der Waals surface area (Å²) in [6.45, 7) is 1.65. The smallest absolute Gasteiger partial charge is 0.137 e. The molecule has 0 radical (unpaired) electrons. The molecule has 3 rings (SSSR count). The third-order valence-electron chi connectivity index (χ3n) is 3.58. The highest BCUT2D eigenvalue weighted by Gasteiger charge is 2.18. The summed E-state index contributed by atoms with van der Waals surface area (Å²) in [6.07, 6.45) is 2.94. The van der Waals surface area contributed by atoms with Crippen LogP contribution in [0.1, 0.15) is 12.5 Å². The number of methoxy groups -OCH3 is 1. The number of H-pyrrole nitrogens is 1. The molecule has 0 saturated carbocycles. The van der Waals surface area contributed by atoms with Crippen LogP contribution >= 0.6 is 0 Å². The van der Waals surface area contributed by atoms with Gasteiger partial charge in [-0.05, 0) is 36.8 Å². The lowest BCUT2D eigenvalue weighted by atomic mass is 10.00. The van der Waals surface area contributed by atoms with Crippen LogP contribution in [0.4, 0.5) is 4.39 Å². The standard InChI is InChI=1S/C17H15FN2O2/c1-3-14(21)15-13(18)8-12(16-17(15)20-9-19-16)10-4-6-11(22-2)7-5-10/h3-9,21H,1-2H3,(H,19,20). The van der Waals surface area contributed by atoms with E-state index in [4.69, 9.17) is 4.74 Å². The predicted molar refractivity (Wildman–Crippen MR) is 84.3 cm³/mol. The lowest BCUT2D eigenvalue weighted by Crippen LogP contribution is -1.94. The maximum atomic E-state index is 14.5. The van der Waals surface area contributed by atoms with Gasteiger partial charge in [-0.1, -0.05) is 12.1 Å². The van der Waals surface area contributed by atoms with E-state index in [1.54, 1.807) is 14.0 Å². The van der Waals surface area contributed by atoms with Gasteiger partial charge in [0.05, 0.1) is 30.0 Å². The Morgan fingerprint density at radius 2 is 2.05 bits per heavy atom. The molecule has 4 nitrogen and oxygen atoms in total. The van der Waals surface area contributed by atoms with Crippen LogP contribution in [-0.2, 0) is 0 Å². The number of aromatic amines is 1. The highest BCUT2D eigenvalue weighted by molar-refractivity contribution is 5.97. The predicted octanol–water partition coefficient (Wildman–Crippen LogP) is 4.30. The minimum Gasteiger partial charge on any atom is -0.507 e. The van der Waals surface area contributed by atoms with Crippen LogP contribution < -0.4 is 4.74 Å². The van der Waals surface area contributed by atoms with Gasteiger partial charge in [0, 0.05) is 5.56 Å². The molecule has 1 heterocycles. The molecule has 0 spiro atoms. The average molecular weight is 298 g/mol. The van der Waals surface area contributed by atoms with Crippen LogP contribution in [0.25, 0.3) is 27.9 Å². The number of allylic oxidation sites excluding steroid dienone is 1. The number of fused-ring (bicyclic) bond motifs is 1. The summed E-state index contributed by atoms with van der Waals surface area (Å²) in [5, 5.41) is 9.91. The number of nitrogens with one attached hydrogen (secondary N) is 1. The third kappa shape index (κ3) is 2.20. The van der Waals surface area contributed by atoms with E-state index >= 15 is 0 Å². The van der Waals surface area contributed by atoms with Gasteiger partial charge in [0.1, 0.15) is 17.3 Å². The molecule has 0 bridgehead atoms. The van der Waals surface area contributed by atoms with Gasteiger partial charge in [-0.3, -0.25) is 0 Å². The lowest BCUT2D eigenvalue weighted by Gasteiger charge is -2.09. The summed E-state index contributed by atoms with van der Waals surface area (Å²) in [6, 6.07) is 8.69. The molecule has 5 heteroatoms. The SMILES string of the molecule is CC=C(O)c1c(F)cc(-c2ccc(OC)cc2)c2nc[nH]c12. The fourth-order valence-electron chi connectivity index (χ4n) is 2.46. The van der Waals surface area contributed by atoms with Gasteiger partial charge < -0.3 is 14.8 Å². The molecule has 2 N–H and O–H groups in total. The molecule has 0 aliphatic heterocycles. The second kappa shape index (κ2) is 5.52. The Morgan fingerprint density at radius 1 is 1.32 bits per heavy atom. The fraction of sp³-hybridized carbons (Fsp3) is 0.118. The number of aliphatic hydroxyl groups is 1. The van der Waals surface area contributed by atoms with Crippen molar-refractivity contribution >= 4 is 16.8 Å². The minimum absolute atomic E-state index is 0.118. The first-order valence-electron chi connectivity index (χ1n) is 6.81. The molecule has 0 atom stereocenters. The molecular formula is C17H15FN2O2. The topological polar surface area (TPSA) is 58.1 Å². The summed E-state index contributed by atoms with van der Waals surface area (Å²) in [4.78, 5) is 7.16. The number of rotatable bonds is 3. The number of nitrogens with zero attached hydrogens (tertiary/aromatic N) is 1. The molecule has 3 aromatic rings. The monoisotopic (exact) mass is 298 g/mol. The minimum atomic E-state index is -0.502. The van der Waals surface area contributed by atoms with E-state index in [2.05, 4.69) is 9.97 Å². The summed E-state index contributed by atoms with van der Waals surface area (Å²) >= 11 is 0. The maximum Gasteiger partial charge on any atom is 0.137 e. The van der Waals surface area contributed by atoms with E-state index in [0.29, 0.717) is 16.6 Å². The number of aliphatic hydroxyl groups excluding tert-OH is 1. The quantitative estimate of drug-likeness (QED) is 0.709. The van der Waals surface area contributed by atoms with Crippen LogP contribution in [0.2, 0.25) is 0 Å². The Bertz CT molecular complexity index is 851. The van der Waals surface area contributed by atoms with Crippen molar-refractivity contribution in [3.8, 4) is 16.9 Å². The molecule has 2 aromatic carbocycles. The molecule has 0 amide bonds. The summed E-state index contributed by atoms with van der Waals surface area (Å²) in [7, 11) is 1.59. The molecule has 0 fully saturated rings. The first-order valence-corrected chi connectivity index (χ1v) is 6.81. The van der Waals surface area contributed by atoms with Gasteiger partial charge >= 0.3 is 0 Å². The van der Waals surface area contributed by atoms with E-state index < -0.39 is 5.82 Å². The molecule has 112 valence electrons. The van der Waals surface area contributed by atoms with Crippen LogP contribution in [0.15, 0.2) is 42.7 Å². The van der Waals surface area contributed by atoms with Crippen molar-refractivity contribution in [2.45, 2.75) is 6.92 Å². The summed E-state index contributed by atoms with van der Waals surface area (Å²) in [5.74, 6) is 0.108. The summed E-state index contributed by atoms with van der Waals surface area (Å²) < 4.78 is 19.6. The first-order chi connectivity index (χ1) is 10.7. The Hall–Kier alpha value is -2.82. The second-order valence-electron chi connectivity index (χ2n) is 4.81. The van der Waals surface area contributed by atoms with Crippen molar-refractivity contribution in [1.29, 1.82) is 0 Å². The molecular weight excluding hydrogens is 283 g/mol. The first kappa shape index (κ1) is 14.1. The second-order valence-corrected chi connectivity index (χ2v) is 4.81. The third-order valence-corrected chi connectivity index (χ3v) is 3.58. The number of imidazole rings is 1. The van der Waals surface area contributed by atoms with E-state index in [-0.39, 0.29) is 11.3 Å². The Kier molecular flexibility index (Phi) is 3.55. The van der Waals surface area contributed by atoms with Crippen molar-refractivity contribution in [1.82, 2.24) is 9.97 Å². The van der Waals surface area contributed by atoms with Crippen molar-refractivity contribution in [3.63, 3.8) is 0 Å². The van der Waals surface area contributed by atoms with Crippen molar-refractivity contribution < 1.29 is 14.2 Å². The number of ether oxygens (including phenoxy) is 1. The lowest BCUT2D eigenvalue weighted by molar-refractivity contribution is 0.415. The molecule has 0 saturated heterocycles. The maximum absolute atomic E-state index is 14.5. The molecule has 22 heavy (non-hydrogen) atoms. The van der Waals surface area contributed by atoms with Gasteiger partial charge in [-0.15, -0.1) is 0 Å². The van der Waals surface area contributed by atoms with Crippen LogP contribution in [-0.4, -0.2) is 22.2 Å². The van der Waals surface area contributed by atoms with Crippen LogP contribution in [0.5, 0.6) is 5.75 Å². The highest BCUT2D eigenvalue weighted by Crippen LogP contribution is 2.33.